The maximum Gasteiger partial charge on any atom is 0.338 e. The maximum atomic E-state index is 12.2. The Morgan fingerprint density at radius 3 is 2.26 bits per heavy atom. The summed E-state index contributed by atoms with van der Waals surface area (Å²) < 4.78 is 10.3. The van der Waals surface area contributed by atoms with Crippen LogP contribution in [0.4, 0.5) is 0 Å². The molecule has 0 saturated carbocycles. The first-order valence-electron chi connectivity index (χ1n) is 8.54. The van der Waals surface area contributed by atoms with E-state index < -0.39 is 5.97 Å². The molecule has 1 amide bonds. The van der Waals surface area contributed by atoms with Crippen molar-refractivity contribution in [3.05, 3.63) is 64.7 Å². The molecule has 0 saturated heterocycles. The first-order valence-corrected chi connectivity index (χ1v) is 8.54. The number of benzene rings is 2. The number of carbonyl (C=O) groups is 3. The second-order valence-corrected chi connectivity index (χ2v) is 6.23. The fourth-order valence-corrected chi connectivity index (χ4v) is 2.59. The summed E-state index contributed by atoms with van der Waals surface area (Å²) in [7, 11) is 1.53. The molecule has 0 unspecified atom stereocenters. The Hall–Kier alpha value is -3.15. The van der Waals surface area contributed by atoms with Gasteiger partial charge in [0.05, 0.1) is 18.7 Å². The van der Waals surface area contributed by atoms with E-state index in [-0.39, 0.29) is 24.3 Å². The van der Waals surface area contributed by atoms with Crippen LogP contribution >= 0.6 is 0 Å². The van der Waals surface area contributed by atoms with E-state index >= 15 is 0 Å². The van der Waals surface area contributed by atoms with Gasteiger partial charge in [-0.25, -0.2) is 4.79 Å². The molecular formula is C21H23NO5. The largest absolute Gasteiger partial charge is 0.496 e. The molecule has 0 aliphatic rings. The van der Waals surface area contributed by atoms with Crippen LogP contribution in [0.25, 0.3) is 0 Å². The lowest BCUT2D eigenvalue weighted by Crippen LogP contribution is -2.23. The van der Waals surface area contributed by atoms with Crippen LogP contribution in [0.1, 0.15) is 51.7 Å². The van der Waals surface area contributed by atoms with Gasteiger partial charge < -0.3 is 14.8 Å². The Labute approximate surface area is 158 Å². The molecule has 2 aromatic rings. The van der Waals surface area contributed by atoms with Gasteiger partial charge in [-0.3, -0.25) is 9.59 Å². The lowest BCUT2D eigenvalue weighted by atomic mass is 10.0. The van der Waals surface area contributed by atoms with Crippen LogP contribution in [0.5, 0.6) is 5.75 Å². The lowest BCUT2D eigenvalue weighted by molar-refractivity contribution is -0.119. The topological polar surface area (TPSA) is 81.7 Å². The van der Waals surface area contributed by atoms with Gasteiger partial charge in [0.1, 0.15) is 5.75 Å². The molecule has 0 fully saturated rings. The van der Waals surface area contributed by atoms with Crippen LogP contribution in [0, 0.1) is 6.92 Å². The van der Waals surface area contributed by atoms with Crippen molar-refractivity contribution in [2.24, 2.45) is 0 Å². The Kier molecular flexibility index (Phi) is 6.71. The van der Waals surface area contributed by atoms with Crippen molar-refractivity contribution in [2.45, 2.75) is 26.8 Å². The third kappa shape index (κ3) is 5.41. The molecule has 0 aliphatic heterocycles. The number of amides is 1. The molecule has 2 aromatic carbocycles. The maximum absolute atomic E-state index is 12.2. The number of Topliss-reactive ketones (excluding diaryl/α,β-unsaturated/α-hetero) is 1. The number of hydrogen-bond acceptors (Lipinski definition) is 5. The van der Waals surface area contributed by atoms with E-state index in [4.69, 9.17) is 9.47 Å². The Morgan fingerprint density at radius 2 is 1.67 bits per heavy atom. The standard InChI is InChI=1S/C21H23NO5/c1-13-5-6-18(11-20(13)26-4)21(25)27-12-19(24)17-9-7-16(8-10-17)14(2)22-15(3)23/h5-11,14H,12H2,1-4H3,(H,22,23)/t14-/m0/s1. The van der Waals surface area contributed by atoms with Crippen molar-refractivity contribution < 1.29 is 23.9 Å². The summed E-state index contributed by atoms with van der Waals surface area (Å²) in [6.07, 6.45) is 0. The summed E-state index contributed by atoms with van der Waals surface area (Å²) in [4.78, 5) is 35.5. The van der Waals surface area contributed by atoms with E-state index in [1.54, 1.807) is 42.5 Å². The number of hydrogen-bond donors (Lipinski definition) is 1. The number of ether oxygens (including phenoxy) is 2. The van der Waals surface area contributed by atoms with E-state index in [9.17, 15) is 14.4 Å². The number of aryl methyl sites for hydroxylation is 1. The van der Waals surface area contributed by atoms with E-state index in [0.29, 0.717) is 16.9 Å². The SMILES string of the molecule is COc1cc(C(=O)OCC(=O)c2ccc([C@H](C)NC(C)=O)cc2)ccc1C. The number of ketones is 1. The predicted octanol–water partition coefficient (Wildman–Crippen LogP) is 3.24. The van der Waals surface area contributed by atoms with Gasteiger partial charge in [-0.2, -0.15) is 0 Å². The smallest absolute Gasteiger partial charge is 0.338 e. The van der Waals surface area contributed by atoms with Crippen molar-refractivity contribution in [3.63, 3.8) is 0 Å². The highest BCUT2D eigenvalue weighted by Gasteiger charge is 2.14. The highest BCUT2D eigenvalue weighted by molar-refractivity contribution is 5.99. The average molecular weight is 369 g/mol. The van der Waals surface area contributed by atoms with Gasteiger partial charge in [0, 0.05) is 12.5 Å². The van der Waals surface area contributed by atoms with Crippen molar-refractivity contribution in [3.8, 4) is 5.75 Å². The third-order valence-electron chi connectivity index (χ3n) is 4.13. The van der Waals surface area contributed by atoms with Crippen LogP contribution in [-0.2, 0) is 9.53 Å². The van der Waals surface area contributed by atoms with Gasteiger partial charge in [-0.1, -0.05) is 30.3 Å². The summed E-state index contributed by atoms with van der Waals surface area (Å²) in [5, 5.41) is 2.78. The van der Waals surface area contributed by atoms with E-state index in [1.807, 2.05) is 13.8 Å². The second-order valence-electron chi connectivity index (χ2n) is 6.23. The minimum Gasteiger partial charge on any atom is -0.496 e. The van der Waals surface area contributed by atoms with Crippen LogP contribution in [-0.4, -0.2) is 31.4 Å². The molecule has 142 valence electrons. The number of esters is 1. The highest BCUT2D eigenvalue weighted by Crippen LogP contribution is 2.19. The van der Waals surface area contributed by atoms with Gasteiger partial charge in [0.25, 0.3) is 0 Å². The van der Waals surface area contributed by atoms with Gasteiger partial charge >= 0.3 is 5.97 Å². The van der Waals surface area contributed by atoms with Crippen LogP contribution in [0.3, 0.4) is 0 Å². The number of methoxy groups -OCH3 is 1. The molecule has 0 bridgehead atoms. The minimum atomic E-state index is -0.586. The molecule has 6 heteroatoms. The molecule has 6 nitrogen and oxygen atoms in total. The van der Waals surface area contributed by atoms with Gasteiger partial charge in [0.2, 0.25) is 5.91 Å². The van der Waals surface area contributed by atoms with E-state index in [1.165, 1.54) is 14.0 Å². The monoisotopic (exact) mass is 369 g/mol. The van der Waals surface area contributed by atoms with Crippen molar-refractivity contribution in [1.82, 2.24) is 5.32 Å². The molecular weight excluding hydrogens is 346 g/mol. The zero-order valence-electron chi connectivity index (χ0n) is 15.9. The molecule has 0 heterocycles. The fraction of sp³-hybridized carbons (Fsp3) is 0.286. The fourth-order valence-electron chi connectivity index (χ4n) is 2.59. The zero-order valence-corrected chi connectivity index (χ0v) is 15.9. The van der Waals surface area contributed by atoms with Crippen LogP contribution in [0.15, 0.2) is 42.5 Å². The molecule has 27 heavy (non-hydrogen) atoms. The first-order chi connectivity index (χ1) is 12.8. The van der Waals surface area contributed by atoms with Crippen molar-refractivity contribution >= 4 is 17.7 Å². The van der Waals surface area contributed by atoms with Crippen LogP contribution in [0.2, 0.25) is 0 Å². The number of carbonyl (C=O) groups excluding carboxylic acids is 3. The van der Waals surface area contributed by atoms with Crippen molar-refractivity contribution in [2.75, 3.05) is 13.7 Å². The molecule has 1 N–H and O–H groups in total. The molecule has 0 spiro atoms. The summed E-state index contributed by atoms with van der Waals surface area (Å²) >= 11 is 0. The van der Waals surface area contributed by atoms with Gasteiger partial charge in [0.15, 0.2) is 12.4 Å². The number of rotatable bonds is 7. The Balaban J connectivity index is 1.97. The summed E-state index contributed by atoms with van der Waals surface area (Å²) in [5.41, 5.74) is 2.54. The molecule has 0 aromatic heterocycles. The van der Waals surface area contributed by atoms with Crippen molar-refractivity contribution in [1.29, 1.82) is 0 Å². The number of nitrogens with one attached hydrogen (secondary N) is 1. The lowest BCUT2D eigenvalue weighted by Gasteiger charge is -2.13. The second kappa shape index (κ2) is 8.98. The van der Waals surface area contributed by atoms with E-state index in [0.717, 1.165) is 11.1 Å². The Bertz CT molecular complexity index is 842. The van der Waals surface area contributed by atoms with Gasteiger partial charge in [-0.15, -0.1) is 0 Å². The first kappa shape index (κ1) is 20.2. The normalized spacial score (nSPS) is 11.4. The molecule has 2 rings (SSSR count). The van der Waals surface area contributed by atoms with Gasteiger partial charge in [-0.05, 0) is 37.1 Å². The third-order valence-corrected chi connectivity index (χ3v) is 4.13. The quantitative estimate of drug-likeness (QED) is 0.598. The Morgan fingerprint density at radius 1 is 1.04 bits per heavy atom. The summed E-state index contributed by atoms with van der Waals surface area (Å²) in [5.74, 6) is -0.430. The predicted molar refractivity (Wildman–Crippen MR) is 101 cm³/mol. The summed E-state index contributed by atoms with van der Waals surface area (Å²) in [6, 6.07) is 11.6. The molecule has 0 aliphatic carbocycles. The minimum absolute atomic E-state index is 0.123. The highest BCUT2D eigenvalue weighted by atomic mass is 16.5. The average Bonchev–Trinajstić information content (AvgIpc) is 2.65. The molecule has 1 atom stereocenters. The molecule has 0 radical (unpaired) electrons. The van der Waals surface area contributed by atoms with E-state index in [2.05, 4.69) is 5.32 Å². The zero-order chi connectivity index (χ0) is 20.0. The summed E-state index contributed by atoms with van der Waals surface area (Å²) in [6.45, 7) is 4.83. The van der Waals surface area contributed by atoms with Crippen LogP contribution < -0.4 is 10.1 Å².